The predicted molar refractivity (Wildman–Crippen MR) is 83.0 cm³/mol. The van der Waals surface area contributed by atoms with Crippen molar-refractivity contribution in [2.75, 3.05) is 14.2 Å². The number of rotatable bonds is 4. The van der Waals surface area contributed by atoms with Crippen molar-refractivity contribution in [1.82, 2.24) is 5.32 Å². The minimum atomic E-state index is -0.651. The molecule has 0 amide bonds. The van der Waals surface area contributed by atoms with Gasteiger partial charge < -0.3 is 10.1 Å². The summed E-state index contributed by atoms with van der Waals surface area (Å²) >= 11 is 9.05. The molecule has 1 unspecified atom stereocenters. The van der Waals surface area contributed by atoms with Gasteiger partial charge >= 0.3 is 0 Å². The Labute approximate surface area is 135 Å². The second-order valence-corrected chi connectivity index (χ2v) is 5.61. The summed E-state index contributed by atoms with van der Waals surface area (Å²) in [7, 11) is 3.09. The maximum Gasteiger partial charge on any atom is 0.148 e. The van der Waals surface area contributed by atoms with Crippen LogP contribution in [0.2, 0.25) is 5.02 Å². The predicted octanol–water partition coefficient (Wildman–Crippen LogP) is 4.70. The number of hydrogen-bond acceptors (Lipinski definition) is 2. The Balaban J connectivity index is 2.52. The molecule has 112 valence electrons. The normalized spacial score (nSPS) is 12.3. The fraction of sp³-hybridized carbons (Fsp3) is 0.200. The molecule has 0 spiro atoms. The molecule has 0 aromatic heterocycles. The van der Waals surface area contributed by atoms with Crippen molar-refractivity contribution in [3.8, 4) is 5.75 Å². The van der Waals surface area contributed by atoms with E-state index in [1.807, 2.05) is 0 Å². The van der Waals surface area contributed by atoms with E-state index in [4.69, 9.17) is 16.3 Å². The number of methoxy groups -OCH3 is 1. The van der Waals surface area contributed by atoms with Gasteiger partial charge in [-0.1, -0.05) is 23.7 Å². The van der Waals surface area contributed by atoms with Crippen LogP contribution in [0.4, 0.5) is 8.78 Å². The fourth-order valence-electron chi connectivity index (χ4n) is 2.11. The SMILES string of the molecule is CNC(c1ccc(OC)cc1F)c1ccc(Br)c(Cl)c1F. The number of hydrogen-bond donors (Lipinski definition) is 1. The zero-order valence-corrected chi connectivity index (χ0v) is 13.7. The van der Waals surface area contributed by atoms with Crippen LogP contribution in [0.15, 0.2) is 34.8 Å². The molecule has 0 heterocycles. The lowest BCUT2D eigenvalue weighted by Gasteiger charge is -2.19. The van der Waals surface area contributed by atoms with Gasteiger partial charge in [0.1, 0.15) is 17.4 Å². The Morgan fingerprint density at radius 2 is 1.86 bits per heavy atom. The largest absolute Gasteiger partial charge is 0.497 e. The Morgan fingerprint density at radius 1 is 1.19 bits per heavy atom. The molecule has 21 heavy (non-hydrogen) atoms. The average Bonchev–Trinajstić information content (AvgIpc) is 2.49. The Hall–Kier alpha value is -1.17. The first-order valence-electron chi connectivity index (χ1n) is 6.13. The zero-order chi connectivity index (χ0) is 15.6. The van der Waals surface area contributed by atoms with Crippen molar-refractivity contribution in [2.24, 2.45) is 0 Å². The van der Waals surface area contributed by atoms with Gasteiger partial charge in [0.15, 0.2) is 0 Å². The number of halogens is 4. The summed E-state index contributed by atoms with van der Waals surface area (Å²) in [6.07, 6.45) is 0. The average molecular weight is 377 g/mol. The minimum Gasteiger partial charge on any atom is -0.497 e. The second kappa shape index (κ2) is 6.73. The Bertz CT molecular complexity index is 666. The summed E-state index contributed by atoms with van der Waals surface area (Å²) < 4.78 is 33.9. The monoisotopic (exact) mass is 375 g/mol. The van der Waals surface area contributed by atoms with E-state index in [-0.39, 0.29) is 10.6 Å². The molecule has 0 aliphatic carbocycles. The third-order valence-corrected chi connectivity index (χ3v) is 4.44. The van der Waals surface area contributed by atoms with Crippen LogP contribution in [0.3, 0.4) is 0 Å². The van der Waals surface area contributed by atoms with Crippen LogP contribution in [0.25, 0.3) is 0 Å². The molecule has 2 rings (SSSR count). The molecule has 0 radical (unpaired) electrons. The molecule has 2 aromatic carbocycles. The van der Waals surface area contributed by atoms with Gasteiger partial charge in [0.05, 0.1) is 18.2 Å². The highest BCUT2D eigenvalue weighted by atomic mass is 79.9. The van der Waals surface area contributed by atoms with Crippen LogP contribution >= 0.6 is 27.5 Å². The quantitative estimate of drug-likeness (QED) is 0.781. The van der Waals surface area contributed by atoms with Crippen molar-refractivity contribution in [1.29, 1.82) is 0 Å². The van der Waals surface area contributed by atoms with Gasteiger partial charge in [0, 0.05) is 21.7 Å². The molecule has 2 aromatic rings. The Morgan fingerprint density at radius 3 is 2.43 bits per heavy atom. The van der Waals surface area contributed by atoms with Crippen molar-refractivity contribution < 1.29 is 13.5 Å². The first-order valence-corrected chi connectivity index (χ1v) is 7.30. The molecular weight excluding hydrogens is 364 g/mol. The summed E-state index contributed by atoms with van der Waals surface area (Å²) in [4.78, 5) is 0. The van der Waals surface area contributed by atoms with Gasteiger partial charge in [0.2, 0.25) is 0 Å². The van der Waals surface area contributed by atoms with E-state index in [2.05, 4.69) is 21.2 Å². The minimum absolute atomic E-state index is 0.0262. The van der Waals surface area contributed by atoms with Gasteiger partial charge in [0.25, 0.3) is 0 Å². The van der Waals surface area contributed by atoms with Crippen LogP contribution < -0.4 is 10.1 Å². The first kappa shape index (κ1) is 16.2. The highest BCUT2D eigenvalue weighted by molar-refractivity contribution is 9.10. The van der Waals surface area contributed by atoms with Gasteiger partial charge in [-0.05, 0) is 35.1 Å². The Kier molecular flexibility index (Phi) is 5.19. The number of nitrogens with one attached hydrogen (secondary N) is 1. The molecule has 0 bridgehead atoms. The molecular formula is C15H13BrClF2NO. The lowest BCUT2D eigenvalue weighted by molar-refractivity contribution is 0.410. The second-order valence-electron chi connectivity index (χ2n) is 4.37. The van der Waals surface area contributed by atoms with E-state index in [9.17, 15) is 8.78 Å². The first-order chi connectivity index (χ1) is 9.99. The highest BCUT2D eigenvalue weighted by Crippen LogP contribution is 2.34. The smallest absolute Gasteiger partial charge is 0.148 e. The molecule has 0 fully saturated rings. The van der Waals surface area contributed by atoms with Crippen molar-refractivity contribution in [3.05, 3.63) is 62.6 Å². The van der Waals surface area contributed by atoms with Gasteiger partial charge in [-0.25, -0.2) is 8.78 Å². The van der Waals surface area contributed by atoms with E-state index >= 15 is 0 Å². The highest BCUT2D eigenvalue weighted by Gasteiger charge is 2.22. The van der Waals surface area contributed by atoms with Crippen LogP contribution in [0.1, 0.15) is 17.2 Å². The van der Waals surface area contributed by atoms with Crippen molar-refractivity contribution >= 4 is 27.5 Å². The van der Waals surface area contributed by atoms with Gasteiger partial charge in [-0.2, -0.15) is 0 Å². The van der Waals surface area contributed by atoms with E-state index in [1.165, 1.54) is 13.2 Å². The summed E-state index contributed by atoms with van der Waals surface area (Å²) in [6.45, 7) is 0. The zero-order valence-electron chi connectivity index (χ0n) is 11.4. The summed E-state index contributed by atoms with van der Waals surface area (Å²) in [5.41, 5.74) is 0.588. The topological polar surface area (TPSA) is 21.3 Å². The van der Waals surface area contributed by atoms with Crippen LogP contribution in [-0.2, 0) is 0 Å². The lowest BCUT2D eigenvalue weighted by Crippen LogP contribution is -2.20. The molecule has 1 atom stereocenters. The third kappa shape index (κ3) is 3.20. The van der Waals surface area contributed by atoms with E-state index < -0.39 is 17.7 Å². The summed E-state index contributed by atoms with van der Waals surface area (Å²) in [6, 6.07) is 6.99. The molecule has 2 nitrogen and oxygen atoms in total. The standard InChI is InChI=1S/C15H13BrClF2NO/c1-20-15(9-4-3-8(21-2)7-12(9)18)10-5-6-11(16)13(17)14(10)19/h3-7,15,20H,1-2H3. The molecule has 0 saturated heterocycles. The molecule has 0 aliphatic heterocycles. The molecule has 0 saturated carbocycles. The van der Waals surface area contributed by atoms with Gasteiger partial charge in [-0.3, -0.25) is 0 Å². The number of ether oxygens (including phenoxy) is 1. The van der Waals surface area contributed by atoms with Crippen LogP contribution in [0.5, 0.6) is 5.75 Å². The van der Waals surface area contributed by atoms with E-state index in [0.29, 0.717) is 15.8 Å². The van der Waals surface area contributed by atoms with Gasteiger partial charge in [-0.15, -0.1) is 0 Å². The van der Waals surface area contributed by atoms with Crippen LogP contribution in [-0.4, -0.2) is 14.2 Å². The summed E-state index contributed by atoms with van der Waals surface area (Å²) in [5.74, 6) is -0.659. The lowest BCUT2D eigenvalue weighted by atomic mass is 9.97. The maximum absolute atomic E-state index is 14.3. The molecule has 0 aliphatic rings. The van der Waals surface area contributed by atoms with Crippen molar-refractivity contribution in [2.45, 2.75) is 6.04 Å². The van der Waals surface area contributed by atoms with E-state index in [1.54, 1.807) is 31.3 Å². The molecule has 6 heteroatoms. The maximum atomic E-state index is 14.3. The van der Waals surface area contributed by atoms with Crippen molar-refractivity contribution in [3.63, 3.8) is 0 Å². The summed E-state index contributed by atoms with van der Waals surface area (Å²) in [5, 5.41) is 2.88. The molecule has 1 N–H and O–H groups in total. The van der Waals surface area contributed by atoms with Crippen LogP contribution in [0, 0.1) is 11.6 Å². The number of benzene rings is 2. The fourth-order valence-corrected chi connectivity index (χ4v) is 2.59. The van der Waals surface area contributed by atoms with E-state index in [0.717, 1.165) is 0 Å². The third-order valence-electron chi connectivity index (χ3n) is 3.18.